The molecule has 1 aromatic rings. The van der Waals surface area contributed by atoms with Gasteiger partial charge in [0, 0.05) is 13.0 Å². The highest BCUT2D eigenvalue weighted by atomic mass is 16.3. The molecule has 1 saturated heterocycles. The molecule has 1 N–H and O–H groups in total. The van der Waals surface area contributed by atoms with Gasteiger partial charge in [0.1, 0.15) is 0 Å². The highest BCUT2D eigenvalue weighted by Gasteiger charge is 2.51. The number of aliphatic hydroxyl groups is 1. The molecule has 2 fully saturated rings. The van der Waals surface area contributed by atoms with E-state index < -0.39 is 5.41 Å². The van der Waals surface area contributed by atoms with Crippen LogP contribution in [0.25, 0.3) is 0 Å². The Kier molecular flexibility index (Phi) is 3.81. The van der Waals surface area contributed by atoms with Gasteiger partial charge in [0.15, 0.2) is 0 Å². The molecule has 112 valence electrons. The van der Waals surface area contributed by atoms with Gasteiger partial charge < -0.3 is 5.11 Å². The van der Waals surface area contributed by atoms with Crippen LogP contribution in [0.15, 0.2) is 24.3 Å². The minimum absolute atomic E-state index is 0.0119. The number of amides is 2. The van der Waals surface area contributed by atoms with E-state index in [1.807, 2.05) is 24.3 Å². The van der Waals surface area contributed by atoms with Crippen molar-refractivity contribution in [2.75, 3.05) is 11.5 Å². The van der Waals surface area contributed by atoms with Crippen molar-refractivity contribution >= 4 is 17.5 Å². The number of benzene rings is 1. The van der Waals surface area contributed by atoms with Crippen LogP contribution in [0.3, 0.4) is 0 Å². The van der Waals surface area contributed by atoms with Crippen LogP contribution in [0.1, 0.15) is 44.1 Å². The summed E-state index contributed by atoms with van der Waals surface area (Å²) in [5.74, 6) is -0.0843. The maximum atomic E-state index is 12.8. The number of carbonyl (C=O) groups is 2. The fourth-order valence-electron chi connectivity index (χ4n) is 3.62. The normalized spacial score (nSPS) is 21.3. The summed E-state index contributed by atoms with van der Waals surface area (Å²) in [6.07, 6.45) is 5.90. The van der Waals surface area contributed by atoms with E-state index >= 15 is 0 Å². The van der Waals surface area contributed by atoms with Crippen LogP contribution in [0, 0.1) is 5.41 Å². The summed E-state index contributed by atoms with van der Waals surface area (Å²) in [5, 5.41) is 8.93. The molecule has 21 heavy (non-hydrogen) atoms. The zero-order valence-electron chi connectivity index (χ0n) is 12.2. The van der Waals surface area contributed by atoms with Crippen molar-refractivity contribution in [3.8, 4) is 0 Å². The van der Waals surface area contributed by atoms with E-state index in [9.17, 15) is 9.59 Å². The Morgan fingerprint density at radius 2 is 1.71 bits per heavy atom. The summed E-state index contributed by atoms with van der Waals surface area (Å²) < 4.78 is 0. The average molecular weight is 287 g/mol. The van der Waals surface area contributed by atoms with E-state index in [1.165, 1.54) is 11.3 Å². The molecule has 1 aliphatic heterocycles. The number of aliphatic hydroxyl groups excluding tert-OH is 1. The number of carbonyl (C=O) groups excluding carboxylic acids is 2. The molecule has 1 aromatic carbocycles. The Balaban J connectivity index is 1.84. The third-order valence-electron chi connectivity index (χ3n) is 4.80. The van der Waals surface area contributed by atoms with Crippen LogP contribution in [0.4, 0.5) is 5.69 Å². The van der Waals surface area contributed by atoms with Crippen LogP contribution in [-0.2, 0) is 16.0 Å². The molecule has 0 atom stereocenters. The Morgan fingerprint density at radius 1 is 1.05 bits per heavy atom. The van der Waals surface area contributed by atoms with Gasteiger partial charge in [-0.25, -0.2) is 0 Å². The maximum absolute atomic E-state index is 12.8. The maximum Gasteiger partial charge on any atom is 0.240 e. The molecule has 0 aromatic heterocycles. The second kappa shape index (κ2) is 5.60. The number of hydrogen-bond acceptors (Lipinski definition) is 3. The first kappa shape index (κ1) is 14.3. The number of rotatable bonds is 3. The molecule has 0 radical (unpaired) electrons. The number of anilines is 1. The highest BCUT2D eigenvalue weighted by molar-refractivity contribution is 6.22. The molecule has 0 bridgehead atoms. The van der Waals surface area contributed by atoms with Crippen molar-refractivity contribution < 1.29 is 14.7 Å². The molecule has 1 spiro atoms. The monoisotopic (exact) mass is 287 g/mol. The van der Waals surface area contributed by atoms with E-state index in [0.29, 0.717) is 18.5 Å². The van der Waals surface area contributed by atoms with Gasteiger partial charge in [-0.15, -0.1) is 0 Å². The Morgan fingerprint density at radius 3 is 2.33 bits per heavy atom. The second-order valence-electron chi connectivity index (χ2n) is 6.19. The lowest BCUT2D eigenvalue weighted by molar-refractivity contribution is -0.127. The third kappa shape index (κ3) is 2.48. The third-order valence-corrected chi connectivity index (χ3v) is 4.80. The Labute approximate surface area is 124 Å². The zero-order valence-corrected chi connectivity index (χ0v) is 12.2. The molecule has 1 saturated carbocycles. The van der Waals surface area contributed by atoms with Crippen molar-refractivity contribution in [1.82, 2.24) is 0 Å². The Hall–Kier alpha value is -1.68. The molecule has 2 aliphatic rings. The summed E-state index contributed by atoms with van der Waals surface area (Å²) in [5.41, 5.74) is 1.24. The van der Waals surface area contributed by atoms with Crippen LogP contribution >= 0.6 is 0 Å². The molecule has 2 amide bonds. The first-order valence-corrected chi connectivity index (χ1v) is 7.73. The van der Waals surface area contributed by atoms with Gasteiger partial charge in [0.2, 0.25) is 11.8 Å². The first-order valence-electron chi connectivity index (χ1n) is 7.73. The van der Waals surface area contributed by atoms with Gasteiger partial charge in [0.05, 0.1) is 11.1 Å². The fourth-order valence-corrected chi connectivity index (χ4v) is 3.62. The topological polar surface area (TPSA) is 57.6 Å². The fraction of sp³-hybridized carbons (Fsp3) is 0.529. The van der Waals surface area contributed by atoms with Gasteiger partial charge >= 0.3 is 0 Å². The lowest BCUT2D eigenvalue weighted by Gasteiger charge is -2.30. The Bertz CT molecular complexity index is 544. The summed E-state index contributed by atoms with van der Waals surface area (Å²) in [4.78, 5) is 26.5. The number of nitrogens with zero attached hydrogens (tertiary/aromatic N) is 1. The molecular formula is C17H21NO3. The van der Waals surface area contributed by atoms with Gasteiger partial charge in [-0.2, -0.15) is 0 Å². The van der Waals surface area contributed by atoms with Gasteiger partial charge in [-0.1, -0.05) is 31.4 Å². The number of imide groups is 1. The van der Waals surface area contributed by atoms with Gasteiger partial charge in [0.25, 0.3) is 0 Å². The molecule has 3 rings (SSSR count). The van der Waals surface area contributed by atoms with Crippen LogP contribution in [0.5, 0.6) is 0 Å². The van der Waals surface area contributed by atoms with E-state index in [4.69, 9.17) is 5.11 Å². The summed E-state index contributed by atoms with van der Waals surface area (Å²) in [6, 6.07) is 7.36. The number of hydrogen-bond donors (Lipinski definition) is 1. The molecular weight excluding hydrogens is 266 g/mol. The summed E-state index contributed by atoms with van der Waals surface area (Å²) in [6.45, 7) is 0.101. The van der Waals surface area contributed by atoms with Gasteiger partial charge in [-0.05, 0) is 37.0 Å². The molecule has 0 unspecified atom stereocenters. The largest absolute Gasteiger partial charge is 0.396 e. The SMILES string of the molecule is O=C1CC2(CCCCC2)C(=O)N1c1ccc(CCO)cc1. The van der Waals surface area contributed by atoms with E-state index in [1.54, 1.807) is 0 Å². The van der Waals surface area contributed by atoms with Crippen LogP contribution in [-0.4, -0.2) is 23.5 Å². The zero-order chi connectivity index (χ0) is 14.9. The lowest BCUT2D eigenvalue weighted by Crippen LogP contribution is -2.36. The van der Waals surface area contributed by atoms with Crippen LogP contribution < -0.4 is 4.90 Å². The predicted molar refractivity (Wildman–Crippen MR) is 79.9 cm³/mol. The average Bonchev–Trinajstić information content (AvgIpc) is 2.72. The molecule has 1 aliphatic carbocycles. The quantitative estimate of drug-likeness (QED) is 0.869. The van der Waals surface area contributed by atoms with Crippen molar-refractivity contribution in [2.45, 2.75) is 44.9 Å². The molecule has 4 heteroatoms. The van der Waals surface area contributed by atoms with E-state index in [-0.39, 0.29) is 18.4 Å². The molecule has 1 heterocycles. The summed E-state index contributed by atoms with van der Waals surface area (Å²) in [7, 11) is 0. The highest BCUT2D eigenvalue weighted by Crippen LogP contribution is 2.46. The predicted octanol–water partition coefficient (Wildman–Crippen LogP) is 2.44. The lowest BCUT2D eigenvalue weighted by atomic mass is 9.73. The van der Waals surface area contributed by atoms with Gasteiger partial charge in [-0.3, -0.25) is 14.5 Å². The van der Waals surface area contributed by atoms with E-state index in [2.05, 4.69) is 0 Å². The standard InChI is InChI=1S/C17H21NO3/c19-11-8-13-4-6-14(7-5-13)18-15(20)12-17(16(18)21)9-2-1-3-10-17/h4-7,19H,1-3,8-12H2. The minimum atomic E-state index is -0.431. The van der Waals surface area contributed by atoms with Crippen molar-refractivity contribution in [2.24, 2.45) is 5.41 Å². The van der Waals surface area contributed by atoms with E-state index in [0.717, 1.165) is 31.2 Å². The second-order valence-corrected chi connectivity index (χ2v) is 6.19. The molecule has 4 nitrogen and oxygen atoms in total. The summed E-state index contributed by atoms with van der Waals surface area (Å²) >= 11 is 0. The van der Waals surface area contributed by atoms with Crippen molar-refractivity contribution in [1.29, 1.82) is 0 Å². The van der Waals surface area contributed by atoms with Crippen molar-refractivity contribution in [3.05, 3.63) is 29.8 Å². The van der Waals surface area contributed by atoms with Crippen LogP contribution in [0.2, 0.25) is 0 Å². The smallest absolute Gasteiger partial charge is 0.240 e. The van der Waals surface area contributed by atoms with Crippen molar-refractivity contribution in [3.63, 3.8) is 0 Å². The first-order chi connectivity index (χ1) is 10.2. The minimum Gasteiger partial charge on any atom is -0.396 e.